The molecular weight excluding hydrogens is 216 g/mol. The van der Waals surface area contributed by atoms with Crippen LogP contribution in [0.1, 0.15) is 0 Å². The van der Waals surface area contributed by atoms with Crippen LogP contribution in [0.15, 0.2) is 18.3 Å². The van der Waals surface area contributed by atoms with E-state index in [2.05, 4.69) is 14.9 Å². The van der Waals surface area contributed by atoms with Crippen molar-refractivity contribution in [1.29, 1.82) is 0 Å². The number of H-pyrrole nitrogens is 1. The Balaban J connectivity index is 2.63. The molecule has 0 aliphatic carbocycles. The number of aromatic amines is 1. The Kier molecular flexibility index (Phi) is 2.47. The van der Waals surface area contributed by atoms with Crippen LogP contribution in [-0.4, -0.2) is 17.3 Å². The zero-order valence-electron chi connectivity index (χ0n) is 8.42. The van der Waals surface area contributed by atoms with Gasteiger partial charge in [-0.2, -0.15) is 5.10 Å². The highest BCUT2D eigenvalue weighted by Gasteiger charge is 2.17. The van der Waals surface area contributed by atoms with Gasteiger partial charge in [0.25, 0.3) is 0 Å². The third-order valence-corrected chi connectivity index (χ3v) is 2.21. The molecule has 3 N–H and O–H groups in total. The first kappa shape index (κ1) is 10.4. The van der Waals surface area contributed by atoms with E-state index in [1.54, 1.807) is 0 Å². The minimum atomic E-state index is -0.796. The molecule has 6 heteroatoms. The van der Waals surface area contributed by atoms with E-state index in [0.29, 0.717) is 5.56 Å². The van der Waals surface area contributed by atoms with Gasteiger partial charge >= 0.3 is 0 Å². The molecule has 0 amide bonds. The predicted molar refractivity (Wildman–Crippen MR) is 54.9 cm³/mol. The standard InChI is InChI=1S/C10H9F2N3O/c1-16-9-7(11)3-2-5(8(9)12)6-4-14-15-10(6)13/h2-4H,1H3,(H3,13,14,15). The molecule has 1 heterocycles. The van der Waals surface area contributed by atoms with Gasteiger partial charge in [0, 0.05) is 11.1 Å². The lowest BCUT2D eigenvalue weighted by Crippen LogP contribution is -1.96. The van der Waals surface area contributed by atoms with Crippen molar-refractivity contribution in [1.82, 2.24) is 10.2 Å². The fraction of sp³-hybridized carbons (Fsp3) is 0.100. The molecule has 0 fully saturated rings. The van der Waals surface area contributed by atoms with Crippen molar-refractivity contribution in [3.8, 4) is 16.9 Å². The number of methoxy groups -OCH3 is 1. The Hall–Kier alpha value is -2.11. The summed E-state index contributed by atoms with van der Waals surface area (Å²) in [5.74, 6) is -1.77. The Morgan fingerprint density at radius 3 is 2.62 bits per heavy atom. The number of nitrogens with one attached hydrogen (secondary N) is 1. The molecule has 1 aromatic carbocycles. The number of nitrogens with two attached hydrogens (primary N) is 1. The fourth-order valence-corrected chi connectivity index (χ4v) is 1.44. The van der Waals surface area contributed by atoms with Gasteiger partial charge in [0.1, 0.15) is 5.82 Å². The summed E-state index contributed by atoms with van der Waals surface area (Å²) in [6, 6.07) is 2.40. The molecule has 2 rings (SSSR count). The second-order valence-electron chi connectivity index (χ2n) is 3.14. The minimum absolute atomic E-state index is 0.143. The Bertz CT molecular complexity index is 525. The second-order valence-corrected chi connectivity index (χ2v) is 3.14. The van der Waals surface area contributed by atoms with Crippen molar-refractivity contribution in [3.05, 3.63) is 30.0 Å². The quantitative estimate of drug-likeness (QED) is 0.820. The Labute approximate surface area is 90.0 Å². The van der Waals surface area contributed by atoms with Crippen molar-refractivity contribution in [2.45, 2.75) is 0 Å². The number of hydrogen-bond acceptors (Lipinski definition) is 3. The molecule has 1 aromatic heterocycles. The van der Waals surface area contributed by atoms with Crippen molar-refractivity contribution >= 4 is 5.82 Å². The van der Waals surface area contributed by atoms with Gasteiger partial charge in [0.2, 0.25) is 0 Å². The topological polar surface area (TPSA) is 63.9 Å². The largest absolute Gasteiger partial charge is 0.491 e. The maximum Gasteiger partial charge on any atom is 0.191 e. The van der Waals surface area contributed by atoms with Crippen LogP contribution < -0.4 is 10.5 Å². The molecule has 0 aliphatic rings. The minimum Gasteiger partial charge on any atom is -0.491 e. The first-order valence-electron chi connectivity index (χ1n) is 4.46. The molecule has 0 atom stereocenters. The molecule has 4 nitrogen and oxygen atoms in total. The molecule has 0 bridgehead atoms. The van der Waals surface area contributed by atoms with Gasteiger partial charge in [-0.15, -0.1) is 0 Å². The van der Waals surface area contributed by atoms with Crippen LogP contribution >= 0.6 is 0 Å². The van der Waals surface area contributed by atoms with Gasteiger partial charge in [-0.05, 0) is 12.1 Å². The van der Waals surface area contributed by atoms with E-state index in [1.807, 2.05) is 0 Å². The summed E-state index contributed by atoms with van der Waals surface area (Å²) < 4.78 is 31.6. The Morgan fingerprint density at radius 2 is 2.06 bits per heavy atom. The molecule has 0 unspecified atom stereocenters. The average Bonchev–Trinajstić information content (AvgIpc) is 2.66. The number of halogens is 2. The number of ether oxygens (including phenoxy) is 1. The van der Waals surface area contributed by atoms with Gasteiger partial charge in [-0.25, -0.2) is 8.78 Å². The number of benzene rings is 1. The summed E-state index contributed by atoms with van der Waals surface area (Å²) >= 11 is 0. The molecule has 0 aliphatic heterocycles. The molecule has 84 valence electrons. The van der Waals surface area contributed by atoms with Crippen LogP contribution in [0.3, 0.4) is 0 Å². The van der Waals surface area contributed by atoms with E-state index >= 15 is 0 Å². The summed E-state index contributed by atoms with van der Waals surface area (Å²) in [7, 11) is 1.20. The van der Waals surface area contributed by atoms with Gasteiger partial charge in [-0.1, -0.05) is 0 Å². The van der Waals surface area contributed by atoms with Crippen LogP contribution in [-0.2, 0) is 0 Å². The number of hydrogen-bond donors (Lipinski definition) is 2. The van der Waals surface area contributed by atoms with Crippen LogP contribution in [0.2, 0.25) is 0 Å². The van der Waals surface area contributed by atoms with E-state index in [-0.39, 0.29) is 11.4 Å². The number of anilines is 1. The van der Waals surface area contributed by atoms with Gasteiger partial charge in [0.05, 0.1) is 13.3 Å². The normalized spacial score (nSPS) is 10.4. The lowest BCUT2D eigenvalue weighted by Gasteiger charge is -2.07. The zero-order chi connectivity index (χ0) is 11.7. The lowest BCUT2D eigenvalue weighted by molar-refractivity contribution is 0.360. The second kappa shape index (κ2) is 3.80. The number of rotatable bonds is 2. The van der Waals surface area contributed by atoms with Crippen molar-refractivity contribution < 1.29 is 13.5 Å². The van der Waals surface area contributed by atoms with Crippen LogP contribution in [0.4, 0.5) is 14.6 Å². The van der Waals surface area contributed by atoms with Gasteiger partial charge in [0.15, 0.2) is 17.4 Å². The fourth-order valence-electron chi connectivity index (χ4n) is 1.44. The number of nitrogen functional groups attached to an aromatic ring is 1. The summed E-state index contributed by atoms with van der Waals surface area (Å²) in [6.45, 7) is 0. The molecule has 2 aromatic rings. The highest BCUT2D eigenvalue weighted by Crippen LogP contribution is 2.33. The van der Waals surface area contributed by atoms with Crippen molar-refractivity contribution in [3.63, 3.8) is 0 Å². The molecule has 0 saturated carbocycles. The van der Waals surface area contributed by atoms with Crippen molar-refractivity contribution in [2.24, 2.45) is 0 Å². The van der Waals surface area contributed by atoms with E-state index in [0.717, 1.165) is 6.07 Å². The van der Waals surface area contributed by atoms with Crippen LogP contribution in [0, 0.1) is 11.6 Å². The highest BCUT2D eigenvalue weighted by atomic mass is 19.1. The third-order valence-electron chi connectivity index (χ3n) is 2.21. The number of nitrogens with zero attached hydrogens (tertiary/aromatic N) is 1. The molecule has 0 saturated heterocycles. The Morgan fingerprint density at radius 1 is 1.31 bits per heavy atom. The van der Waals surface area contributed by atoms with E-state index in [9.17, 15) is 8.78 Å². The first-order valence-corrected chi connectivity index (χ1v) is 4.46. The summed E-state index contributed by atoms with van der Waals surface area (Å²) in [4.78, 5) is 0. The van der Waals surface area contributed by atoms with Crippen LogP contribution in [0.5, 0.6) is 5.75 Å². The van der Waals surface area contributed by atoms with Crippen LogP contribution in [0.25, 0.3) is 11.1 Å². The first-order chi connectivity index (χ1) is 7.65. The summed E-state index contributed by atoms with van der Waals surface area (Å²) in [5, 5.41) is 6.14. The maximum atomic E-state index is 13.8. The van der Waals surface area contributed by atoms with Crippen molar-refractivity contribution in [2.75, 3.05) is 12.8 Å². The lowest BCUT2D eigenvalue weighted by atomic mass is 10.1. The SMILES string of the molecule is COc1c(F)ccc(-c2cn[nH]c2N)c1F. The summed E-state index contributed by atoms with van der Waals surface area (Å²) in [5.41, 5.74) is 6.07. The van der Waals surface area contributed by atoms with E-state index in [4.69, 9.17) is 5.73 Å². The summed E-state index contributed by atoms with van der Waals surface area (Å²) in [6.07, 6.45) is 1.37. The zero-order valence-corrected chi connectivity index (χ0v) is 8.42. The molecule has 0 radical (unpaired) electrons. The third kappa shape index (κ3) is 1.48. The smallest absolute Gasteiger partial charge is 0.191 e. The monoisotopic (exact) mass is 225 g/mol. The molecule has 0 spiro atoms. The predicted octanol–water partition coefficient (Wildman–Crippen LogP) is 1.95. The van der Waals surface area contributed by atoms with E-state index in [1.165, 1.54) is 19.4 Å². The maximum absolute atomic E-state index is 13.8. The molecule has 16 heavy (non-hydrogen) atoms. The number of aromatic nitrogens is 2. The van der Waals surface area contributed by atoms with Gasteiger partial charge < -0.3 is 10.5 Å². The highest BCUT2D eigenvalue weighted by molar-refractivity contribution is 5.74. The molecular formula is C10H9F2N3O. The average molecular weight is 225 g/mol. The van der Waals surface area contributed by atoms with Gasteiger partial charge in [-0.3, -0.25) is 5.10 Å². The van der Waals surface area contributed by atoms with E-state index < -0.39 is 17.4 Å².